The SMILES string of the molecule is COC(C[NH2+]CC[NH2+]C(C)Cc1ccccc1)c1ccccc1.[Cl-].[Cl-]. The third-order valence-electron chi connectivity index (χ3n) is 4.18. The summed E-state index contributed by atoms with van der Waals surface area (Å²) in [5, 5.41) is 4.79. The molecule has 0 amide bonds. The van der Waals surface area contributed by atoms with Gasteiger partial charge in [0.05, 0.1) is 6.04 Å². The van der Waals surface area contributed by atoms with Crippen LogP contribution < -0.4 is 35.4 Å². The summed E-state index contributed by atoms with van der Waals surface area (Å²) in [6.07, 6.45) is 1.31. The quantitative estimate of drug-likeness (QED) is 0.396. The van der Waals surface area contributed by atoms with Gasteiger partial charge in [0.1, 0.15) is 25.7 Å². The van der Waals surface area contributed by atoms with E-state index in [1.807, 2.05) is 6.07 Å². The van der Waals surface area contributed by atoms with Gasteiger partial charge in [-0.15, -0.1) is 0 Å². The summed E-state index contributed by atoms with van der Waals surface area (Å²) in [6.45, 7) is 5.53. The maximum atomic E-state index is 5.60. The van der Waals surface area contributed by atoms with E-state index in [1.54, 1.807) is 7.11 Å². The highest BCUT2D eigenvalue weighted by molar-refractivity contribution is 5.17. The minimum Gasteiger partial charge on any atom is -1.00 e. The smallest absolute Gasteiger partial charge is 0.131 e. The maximum Gasteiger partial charge on any atom is 0.131 e. The van der Waals surface area contributed by atoms with E-state index in [9.17, 15) is 0 Å². The third kappa shape index (κ3) is 9.24. The summed E-state index contributed by atoms with van der Waals surface area (Å²) in [4.78, 5) is 0. The Morgan fingerprint density at radius 1 is 0.880 bits per heavy atom. The fourth-order valence-corrected chi connectivity index (χ4v) is 2.87. The molecule has 3 nitrogen and oxygen atoms in total. The topological polar surface area (TPSA) is 42.5 Å². The minimum absolute atomic E-state index is 0. The molecule has 2 unspecified atom stereocenters. The largest absolute Gasteiger partial charge is 1.00 e. The van der Waals surface area contributed by atoms with Crippen LogP contribution in [-0.4, -0.2) is 32.8 Å². The zero-order valence-corrected chi connectivity index (χ0v) is 16.6. The summed E-state index contributed by atoms with van der Waals surface area (Å²) in [5.41, 5.74) is 2.68. The van der Waals surface area contributed by atoms with Crippen LogP contribution in [0.15, 0.2) is 60.7 Å². The molecule has 140 valence electrons. The zero-order valence-electron chi connectivity index (χ0n) is 15.1. The monoisotopic (exact) mass is 384 g/mol. The molecule has 0 saturated heterocycles. The molecule has 0 heterocycles. The van der Waals surface area contributed by atoms with Gasteiger partial charge < -0.3 is 40.2 Å². The number of quaternary nitrogens is 2. The third-order valence-corrected chi connectivity index (χ3v) is 4.18. The second kappa shape index (κ2) is 14.1. The highest BCUT2D eigenvalue weighted by atomic mass is 35.5. The molecule has 0 fully saturated rings. The summed E-state index contributed by atoms with van der Waals surface area (Å²) in [5.74, 6) is 0. The van der Waals surface area contributed by atoms with Gasteiger partial charge in [-0.3, -0.25) is 0 Å². The second-order valence-electron chi connectivity index (χ2n) is 6.14. The van der Waals surface area contributed by atoms with E-state index in [4.69, 9.17) is 4.74 Å². The summed E-state index contributed by atoms with van der Waals surface area (Å²) in [6, 6.07) is 21.8. The van der Waals surface area contributed by atoms with Gasteiger partial charge in [-0.1, -0.05) is 60.7 Å². The van der Waals surface area contributed by atoms with Gasteiger partial charge >= 0.3 is 0 Å². The van der Waals surface area contributed by atoms with Crippen molar-refractivity contribution in [2.45, 2.75) is 25.5 Å². The summed E-state index contributed by atoms with van der Waals surface area (Å²) < 4.78 is 5.60. The van der Waals surface area contributed by atoms with Gasteiger partial charge in [-0.25, -0.2) is 0 Å². The van der Waals surface area contributed by atoms with Crippen LogP contribution in [0, 0.1) is 0 Å². The Balaban J connectivity index is 0.00000288. The van der Waals surface area contributed by atoms with Crippen molar-refractivity contribution >= 4 is 0 Å². The van der Waals surface area contributed by atoms with Crippen LogP contribution in [-0.2, 0) is 11.2 Å². The molecule has 0 radical (unpaired) electrons. The van der Waals surface area contributed by atoms with Crippen molar-refractivity contribution in [2.24, 2.45) is 0 Å². The molecule has 4 N–H and O–H groups in total. The van der Waals surface area contributed by atoms with Crippen molar-refractivity contribution in [3.8, 4) is 0 Å². The first-order chi connectivity index (χ1) is 11.3. The Morgan fingerprint density at radius 3 is 2.08 bits per heavy atom. The van der Waals surface area contributed by atoms with Crippen LogP contribution >= 0.6 is 0 Å². The molecule has 2 aromatic rings. The molecular formula is C20H30Cl2N2O. The molecule has 0 spiro atoms. The molecule has 5 heteroatoms. The van der Waals surface area contributed by atoms with Crippen LogP contribution in [0.3, 0.4) is 0 Å². The molecule has 2 aromatic carbocycles. The molecule has 0 aliphatic heterocycles. The van der Waals surface area contributed by atoms with E-state index < -0.39 is 0 Å². The van der Waals surface area contributed by atoms with E-state index in [0.717, 1.165) is 26.1 Å². The van der Waals surface area contributed by atoms with E-state index in [-0.39, 0.29) is 30.9 Å². The molecule has 25 heavy (non-hydrogen) atoms. The van der Waals surface area contributed by atoms with Crippen LogP contribution in [0.2, 0.25) is 0 Å². The first-order valence-corrected chi connectivity index (χ1v) is 8.56. The Bertz CT molecular complexity index is 540. The highest BCUT2D eigenvalue weighted by Crippen LogP contribution is 2.13. The van der Waals surface area contributed by atoms with Crippen molar-refractivity contribution in [1.82, 2.24) is 0 Å². The molecule has 0 aromatic heterocycles. The molecule has 0 aliphatic carbocycles. The van der Waals surface area contributed by atoms with Gasteiger partial charge in [-0.2, -0.15) is 0 Å². The van der Waals surface area contributed by atoms with Crippen molar-refractivity contribution in [3.63, 3.8) is 0 Å². The van der Waals surface area contributed by atoms with Crippen LogP contribution in [0.1, 0.15) is 24.2 Å². The number of nitrogens with two attached hydrogens (primary N) is 2. The average Bonchev–Trinajstić information content (AvgIpc) is 2.60. The summed E-state index contributed by atoms with van der Waals surface area (Å²) >= 11 is 0. The fraction of sp³-hybridized carbons (Fsp3) is 0.400. The van der Waals surface area contributed by atoms with Gasteiger partial charge in [0.15, 0.2) is 0 Å². The Kier molecular flexibility index (Phi) is 13.5. The number of rotatable bonds is 10. The van der Waals surface area contributed by atoms with Gasteiger partial charge in [0, 0.05) is 13.5 Å². The number of benzene rings is 2. The normalized spacial score (nSPS) is 12.6. The molecule has 2 atom stereocenters. The number of hydrogen-bond acceptors (Lipinski definition) is 1. The highest BCUT2D eigenvalue weighted by Gasteiger charge is 2.12. The van der Waals surface area contributed by atoms with Crippen LogP contribution in [0.4, 0.5) is 0 Å². The minimum atomic E-state index is 0. The summed E-state index contributed by atoms with van der Waals surface area (Å²) in [7, 11) is 1.79. The molecule has 0 bridgehead atoms. The number of ether oxygens (including phenoxy) is 1. The van der Waals surface area contributed by atoms with Gasteiger partial charge in [0.25, 0.3) is 0 Å². The average molecular weight is 385 g/mol. The van der Waals surface area contributed by atoms with Crippen LogP contribution in [0.25, 0.3) is 0 Å². The van der Waals surface area contributed by atoms with Crippen molar-refractivity contribution < 1.29 is 40.2 Å². The predicted molar refractivity (Wildman–Crippen MR) is 94.3 cm³/mol. The second-order valence-corrected chi connectivity index (χ2v) is 6.14. The molecule has 0 saturated carbocycles. The van der Waals surface area contributed by atoms with E-state index in [2.05, 4.69) is 72.2 Å². The maximum absolute atomic E-state index is 5.60. The Morgan fingerprint density at radius 2 is 1.48 bits per heavy atom. The number of methoxy groups -OCH3 is 1. The van der Waals surface area contributed by atoms with Crippen LogP contribution in [0.5, 0.6) is 0 Å². The first-order valence-electron chi connectivity index (χ1n) is 8.56. The molecular weight excluding hydrogens is 355 g/mol. The van der Waals surface area contributed by atoms with Gasteiger partial charge in [-0.05, 0) is 18.1 Å². The predicted octanol–water partition coefficient (Wildman–Crippen LogP) is -4.86. The lowest BCUT2D eigenvalue weighted by Gasteiger charge is -2.15. The van der Waals surface area contributed by atoms with E-state index >= 15 is 0 Å². The van der Waals surface area contributed by atoms with Crippen molar-refractivity contribution in [2.75, 3.05) is 26.7 Å². The molecule has 0 aliphatic rings. The Hall–Kier alpha value is -1.10. The lowest BCUT2D eigenvalue weighted by molar-refractivity contribution is -0.741. The lowest BCUT2D eigenvalue weighted by Crippen LogP contribution is -3.00. The first kappa shape index (κ1) is 23.9. The van der Waals surface area contributed by atoms with E-state index in [1.165, 1.54) is 11.1 Å². The van der Waals surface area contributed by atoms with Crippen molar-refractivity contribution in [1.29, 1.82) is 0 Å². The lowest BCUT2D eigenvalue weighted by atomic mass is 10.1. The molecule has 2 rings (SSSR count). The van der Waals surface area contributed by atoms with Gasteiger partial charge in [0.2, 0.25) is 0 Å². The Labute approximate surface area is 164 Å². The van der Waals surface area contributed by atoms with Crippen molar-refractivity contribution in [3.05, 3.63) is 71.8 Å². The fourth-order valence-electron chi connectivity index (χ4n) is 2.87. The number of halogens is 2. The zero-order chi connectivity index (χ0) is 16.3. The standard InChI is InChI=1S/C20H28N2O.2ClH/c1-17(15-18-9-5-3-6-10-18)22-14-13-21-16-20(23-2)19-11-7-4-8-12-19;;/h3-12,17,20-22H,13-16H2,1-2H3;2*1H. The van der Waals surface area contributed by atoms with E-state index in [0.29, 0.717) is 6.04 Å². The number of hydrogen-bond donors (Lipinski definition) is 2.